The summed E-state index contributed by atoms with van der Waals surface area (Å²) in [5.41, 5.74) is 6.67. The number of benzene rings is 3. The van der Waals surface area contributed by atoms with E-state index in [9.17, 15) is 9.59 Å². The van der Waals surface area contributed by atoms with Gasteiger partial charge in [-0.25, -0.2) is 5.01 Å². The van der Waals surface area contributed by atoms with Crippen molar-refractivity contribution in [2.24, 2.45) is 5.10 Å². The van der Waals surface area contributed by atoms with E-state index in [0.29, 0.717) is 17.7 Å². The van der Waals surface area contributed by atoms with Gasteiger partial charge in [0.25, 0.3) is 5.56 Å². The molecule has 3 aromatic carbocycles. The van der Waals surface area contributed by atoms with Gasteiger partial charge in [0.15, 0.2) is 0 Å². The molecule has 1 amide bonds. The van der Waals surface area contributed by atoms with Crippen molar-refractivity contribution in [1.82, 2.24) is 9.99 Å². The van der Waals surface area contributed by atoms with Gasteiger partial charge in [0.2, 0.25) is 5.91 Å². The van der Waals surface area contributed by atoms with E-state index in [0.717, 1.165) is 38.8 Å². The average Bonchev–Trinajstić information content (AvgIpc) is 3.29. The Kier molecular flexibility index (Phi) is 5.73. The third-order valence-corrected chi connectivity index (χ3v) is 6.55. The minimum atomic E-state index is -0.269. The van der Waals surface area contributed by atoms with Crippen molar-refractivity contribution in [1.29, 1.82) is 0 Å². The summed E-state index contributed by atoms with van der Waals surface area (Å²) in [6, 6.07) is 23.8. The maximum absolute atomic E-state index is 13.5. The standard InChI is InChI=1S/C29H28N4O2/c1-18-10-15-24-23(16-18)27(21-8-6-5-7-9-21)28(29(35)30-24)25-17-26(33(31-25)19(2)34)20-11-13-22(14-12-20)32(3)4/h5-16,26H,17H2,1-4H3,(H,30,35). The number of aromatic amines is 1. The Bertz CT molecular complexity index is 1500. The number of fused-ring (bicyclic) bond motifs is 1. The molecule has 0 radical (unpaired) electrons. The summed E-state index contributed by atoms with van der Waals surface area (Å²) in [5, 5.41) is 7.19. The summed E-state index contributed by atoms with van der Waals surface area (Å²) in [6.45, 7) is 3.55. The number of hydrogen-bond acceptors (Lipinski definition) is 4. The van der Waals surface area contributed by atoms with Gasteiger partial charge in [-0.3, -0.25) is 9.59 Å². The zero-order chi connectivity index (χ0) is 24.7. The molecule has 4 aromatic rings. The molecule has 1 aliphatic heterocycles. The van der Waals surface area contributed by atoms with Crippen molar-refractivity contribution in [2.75, 3.05) is 19.0 Å². The predicted molar refractivity (Wildman–Crippen MR) is 142 cm³/mol. The molecule has 0 bridgehead atoms. The molecule has 1 N–H and O–H groups in total. The SMILES string of the molecule is CC(=O)N1N=C(c2c(-c3ccccc3)c3cc(C)ccc3[nH]c2=O)CC1c1ccc(N(C)C)cc1. The van der Waals surface area contributed by atoms with E-state index in [4.69, 9.17) is 5.10 Å². The Morgan fingerprint density at radius 2 is 1.71 bits per heavy atom. The van der Waals surface area contributed by atoms with Crippen molar-refractivity contribution in [3.63, 3.8) is 0 Å². The fraction of sp³-hybridized carbons (Fsp3) is 0.207. The largest absolute Gasteiger partial charge is 0.378 e. The number of aromatic nitrogens is 1. The maximum Gasteiger partial charge on any atom is 0.258 e. The summed E-state index contributed by atoms with van der Waals surface area (Å²) < 4.78 is 0. The van der Waals surface area contributed by atoms with E-state index in [1.54, 1.807) is 0 Å². The van der Waals surface area contributed by atoms with Crippen LogP contribution in [0.4, 0.5) is 5.69 Å². The van der Waals surface area contributed by atoms with E-state index in [-0.39, 0.29) is 17.5 Å². The summed E-state index contributed by atoms with van der Waals surface area (Å²) in [4.78, 5) is 31.2. The minimum absolute atomic E-state index is 0.156. The summed E-state index contributed by atoms with van der Waals surface area (Å²) in [5.74, 6) is -0.156. The second-order valence-electron chi connectivity index (χ2n) is 9.24. The smallest absolute Gasteiger partial charge is 0.258 e. The zero-order valence-corrected chi connectivity index (χ0v) is 20.4. The molecule has 2 heterocycles. The summed E-state index contributed by atoms with van der Waals surface area (Å²) in [6.07, 6.45) is 0.459. The Morgan fingerprint density at radius 1 is 1.00 bits per heavy atom. The first kappa shape index (κ1) is 22.6. The van der Waals surface area contributed by atoms with Crippen LogP contribution in [0.3, 0.4) is 0 Å². The van der Waals surface area contributed by atoms with E-state index in [2.05, 4.69) is 11.1 Å². The topological polar surface area (TPSA) is 68.8 Å². The lowest BCUT2D eigenvalue weighted by Gasteiger charge is -2.21. The summed E-state index contributed by atoms with van der Waals surface area (Å²) in [7, 11) is 3.99. The highest BCUT2D eigenvalue weighted by atomic mass is 16.2. The van der Waals surface area contributed by atoms with Crippen molar-refractivity contribution in [2.45, 2.75) is 26.3 Å². The Hall–Kier alpha value is -4.19. The zero-order valence-electron chi connectivity index (χ0n) is 20.4. The van der Waals surface area contributed by atoms with Gasteiger partial charge in [0.05, 0.1) is 17.3 Å². The molecule has 1 aliphatic rings. The molecule has 35 heavy (non-hydrogen) atoms. The van der Waals surface area contributed by atoms with Crippen LogP contribution in [0, 0.1) is 6.92 Å². The van der Waals surface area contributed by atoms with Crippen LogP contribution in [0.2, 0.25) is 0 Å². The molecule has 6 heteroatoms. The number of nitrogens with zero attached hydrogens (tertiary/aromatic N) is 3. The molecule has 1 atom stereocenters. The van der Waals surface area contributed by atoms with E-state index < -0.39 is 0 Å². The quantitative estimate of drug-likeness (QED) is 0.448. The molecule has 1 aromatic heterocycles. The number of H-pyrrole nitrogens is 1. The van der Waals surface area contributed by atoms with Gasteiger partial charge in [-0.15, -0.1) is 0 Å². The van der Waals surface area contributed by atoms with E-state index in [1.165, 1.54) is 11.9 Å². The molecule has 0 saturated carbocycles. The number of nitrogens with one attached hydrogen (secondary N) is 1. The van der Waals surface area contributed by atoms with Crippen molar-refractivity contribution in [3.05, 3.63) is 99.8 Å². The Balaban J connectivity index is 1.68. The number of aryl methyl sites for hydroxylation is 1. The van der Waals surface area contributed by atoms with Crippen LogP contribution in [-0.4, -0.2) is 35.7 Å². The lowest BCUT2D eigenvalue weighted by molar-refractivity contribution is -0.130. The second-order valence-corrected chi connectivity index (χ2v) is 9.24. The van der Waals surface area contributed by atoms with Gasteiger partial charge in [-0.1, -0.05) is 54.1 Å². The molecule has 0 fully saturated rings. The predicted octanol–water partition coefficient (Wildman–Crippen LogP) is 5.27. The molecule has 0 spiro atoms. The van der Waals surface area contributed by atoms with E-state index >= 15 is 0 Å². The molecular formula is C29H28N4O2. The van der Waals surface area contributed by atoms with Crippen LogP contribution in [0.5, 0.6) is 0 Å². The number of rotatable bonds is 4. The van der Waals surface area contributed by atoms with Crippen molar-refractivity contribution >= 4 is 28.2 Å². The first-order valence-electron chi connectivity index (χ1n) is 11.7. The number of anilines is 1. The van der Waals surface area contributed by atoms with Crippen LogP contribution in [0.1, 0.15) is 36.1 Å². The second kappa shape index (κ2) is 8.87. The van der Waals surface area contributed by atoms with Crippen molar-refractivity contribution < 1.29 is 4.79 Å². The lowest BCUT2D eigenvalue weighted by atomic mass is 9.90. The third kappa shape index (κ3) is 4.12. The molecule has 176 valence electrons. The number of pyridine rings is 1. The number of carbonyl (C=O) groups excluding carboxylic acids is 1. The fourth-order valence-electron chi connectivity index (χ4n) is 4.79. The van der Waals surface area contributed by atoms with Gasteiger partial charge < -0.3 is 9.88 Å². The first-order chi connectivity index (χ1) is 16.8. The number of hydrogen-bond donors (Lipinski definition) is 1. The van der Waals surface area contributed by atoms with Crippen LogP contribution >= 0.6 is 0 Å². The molecule has 0 aliphatic carbocycles. The maximum atomic E-state index is 13.5. The Morgan fingerprint density at radius 3 is 2.37 bits per heavy atom. The molecule has 0 saturated heterocycles. The Labute approximate surface area is 204 Å². The fourth-order valence-corrected chi connectivity index (χ4v) is 4.79. The van der Waals surface area contributed by atoms with Crippen molar-refractivity contribution in [3.8, 4) is 11.1 Å². The number of hydrazone groups is 1. The van der Waals surface area contributed by atoms with Crippen LogP contribution in [0.25, 0.3) is 22.0 Å². The lowest BCUT2D eigenvalue weighted by Crippen LogP contribution is -2.24. The highest BCUT2D eigenvalue weighted by Gasteiger charge is 2.34. The molecule has 6 nitrogen and oxygen atoms in total. The third-order valence-electron chi connectivity index (χ3n) is 6.55. The molecule has 1 unspecified atom stereocenters. The van der Waals surface area contributed by atoms with Gasteiger partial charge in [-0.05, 0) is 42.3 Å². The summed E-state index contributed by atoms with van der Waals surface area (Å²) >= 11 is 0. The van der Waals surface area contributed by atoms with Gasteiger partial charge >= 0.3 is 0 Å². The minimum Gasteiger partial charge on any atom is -0.378 e. The monoisotopic (exact) mass is 464 g/mol. The average molecular weight is 465 g/mol. The number of carbonyl (C=O) groups is 1. The van der Waals surface area contributed by atoms with Gasteiger partial charge in [-0.2, -0.15) is 5.10 Å². The first-order valence-corrected chi connectivity index (χ1v) is 11.7. The van der Waals surface area contributed by atoms with Crippen LogP contribution in [-0.2, 0) is 4.79 Å². The van der Waals surface area contributed by atoms with Crippen LogP contribution < -0.4 is 10.5 Å². The highest BCUT2D eigenvalue weighted by Crippen LogP contribution is 2.37. The van der Waals surface area contributed by atoms with E-state index in [1.807, 2.05) is 92.6 Å². The normalized spacial score (nSPS) is 15.4. The molecular weight excluding hydrogens is 436 g/mol. The van der Waals surface area contributed by atoms with Gasteiger partial charge in [0.1, 0.15) is 0 Å². The molecule has 5 rings (SSSR count). The highest BCUT2D eigenvalue weighted by molar-refractivity contribution is 6.12. The van der Waals surface area contributed by atoms with Gasteiger partial charge in [0, 0.05) is 49.6 Å². The van der Waals surface area contributed by atoms with Crippen LogP contribution in [0.15, 0.2) is 82.7 Å². The number of amides is 1.